The molecule has 0 fully saturated rings. The number of hydrogen-bond acceptors (Lipinski definition) is 2. The second-order valence-corrected chi connectivity index (χ2v) is 10.3. The second kappa shape index (κ2) is 11.4. The molecule has 208 valence electrons. The summed E-state index contributed by atoms with van der Waals surface area (Å²) in [4.78, 5) is 0. The van der Waals surface area contributed by atoms with Crippen molar-refractivity contribution in [2.45, 2.75) is 20.3 Å². The first-order valence-corrected chi connectivity index (χ1v) is 14.9. The number of para-hydroxylation sites is 2. The molecule has 8 rings (SSSR count). The minimum Gasteiger partial charge on any atom is -0.310 e. The third kappa shape index (κ3) is 4.67. The molecule has 0 spiro atoms. The van der Waals surface area contributed by atoms with Crippen LogP contribution in [0.2, 0.25) is 0 Å². The first-order chi connectivity index (χ1) is 21.3. The molecule has 0 saturated carbocycles. The predicted molar refractivity (Wildman–Crippen MR) is 180 cm³/mol. The number of benzene rings is 5. The smallest absolute Gasteiger partial charge is 0.168 e. The summed E-state index contributed by atoms with van der Waals surface area (Å²) in [6.45, 7) is 4.00. The summed E-state index contributed by atoms with van der Waals surface area (Å²) in [5.41, 5.74) is 8.00. The van der Waals surface area contributed by atoms with Gasteiger partial charge in [0, 0.05) is 27.9 Å². The van der Waals surface area contributed by atoms with Crippen molar-refractivity contribution in [3.05, 3.63) is 151 Å². The summed E-state index contributed by atoms with van der Waals surface area (Å²) in [5.74, 6) is 1.63. The highest BCUT2D eigenvalue weighted by atomic mass is 15.3. The molecule has 5 aromatic carbocycles. The molecule has 0 amide bonds. The fraction of sp³-hybridized carbons (Fsp3) is 0.0769. The molecule has 43 heavy (non-hydrogen) atoms. The monoisotopic (exact) mass is 556 g/mol. The highest BCUT2D eigenvalue weighted by molar-refractivity contribution is 5.91. The number of hydrogen-bond donors (Lipinski definition) is 0. The maximum Gasteiger partial charge on any atom is 0.168 e. The first kappa shape index (κ1) is 26.4. The third-order valence-electron chi connectivity index (χ3n) is 7.91. The van der Waals surface area contributed by atoms with Crippen LogP contribution in [0.3, 0.4) is 0 Å². The maximum atomic E-state index is 4.73. The molecule has 4 heteroatoms. The summed E-state index contributed by atoms with van der Waals surface area (Å²) in [6, 6.07) is 42.6. The lowest BCUT2D eigenvalue weighted by Crippen LogP contribution is -2.01. The maximum absolute atomic E-state index is 4.73. The molecular weight excluding hydrogens is 524 g/mol. The van der Waals surface area contributed by atoms with Gasteiger partial charge in [-0.1, -0.05) is 105 Å². The molecular formula is C39H32N4. The SMILES string of the molecule is C1=CCc2c(n(-c3ccc(-c4nnc(-c5ccc6ccccc6c5)n4-c4ccccc4)cc3)c3ccccc23)C=C1.CC. The van der Waals surface area contributed by atoms with E-state index in [2.05, 4.69) is 149 Å². The molecule has 0 atom stereocenters. The van der Waals surface area contributed by atoms with Crippen LogP contribution in [-0.2, 0) is 6.42 Å². The van der Waals surface area contributed by atoms with Crippen molar-refractivity contribution in [2.75, 3.05) is 0 Å². The van der Waals surface area contributed by atoms with Crippen LogP contribution in [0.5, 0.6) is 0 Å². The molecule has 2 heterocycles. The van der Waals surface area contributed by atoms with Crippen LogP contribution in [0.4, 0.5) is 0 Å². The number of aromatic nitrogens is 4. The van der Waals surface area contributed by atoms with Crippen molar-refractivity contribution < 1.29 is 0 Å². The lowest BCUT2D eigenvalue weighted by molar-refractivity contribution is 1.07. The van der Waals surface area contributed by atoms with Crippen molar-refractivity contribution in [1.82, 2.24) is 19.3 Å². The molecule has 7 aromatic rings. The van der Waals surface area contributed by atoms with Crippen LogP contribution in [0.1, 0.15) is 25.1 Å². The minimum atomic E-state index is 0.811. The molecule has 0 aliphatic heterocycles. The average Bonchev–Trinajstić information content (AvgIpc) is 3.56. The Bertz CT molecular complexity index is 2110. The van der Waals surface area contributed by atoms with Crippen LogP contribution in [-0.4, -0.2) is 19.3 Å². The standard InChI is InChI=1S/C37H26N4.C2H6/c1-3-13-30(14-4-1)41-36(38-39-37(41)29-20-19-26-11-7-8-12-28(26)25-29)27-21-23-31(24-22-27)40-34-17-6-2-5-15-32(34)33-16-9-10-18-35(33)40;1-2/h1-14,16-25H,15H2;1-2H3. The van der Waals surface area contributed by atoms with Crippen molar-refractivity contribution in [2.24, 2.45) is 0 Å². The Hall–Kier alpha value is -5.48. The minimum absolute atomic E-state index is 0.811. The molecule has 1 aliphatic rings. The summed E-state index contributed by atoms with van der Waals surface area (Å²) < 4.78 is 4.52. The van der Waals surface area contributed by atoms with Gasteiger partial charge in [0.05, 0.1) is 11.2 Å². The van der Waals surface area contributed by atoms with Gasteiger partial charge >= 0.3 is 0 Å². The summed E-state index contributed by atoms with van der Waals surface area (Å²) in [6.07, 6.45) is 9.63. The van der Waals surface area contributed by atoms with Gasteiger partial charge in [-0.05, 0) is 77.4 Å². The highest BCUT2D eigenvalue weighted by Gasteiger charge is 2.19. The van der Waals surface area contributed by atoms with Gasteiger partial charge < -0.3 is 4.57 Å². The molecule has 0 bridgehead atoms. The van der Waals surface area contributed by atoms with Gasteiger partial charge in [0.25, 0.3) is 0 Å². The van der Waals surface area contributed by atoms with Crippen LogP contribution >= 0.6 is 0 Å². The fourth-order valence-electron chi connectivity index (χ4n) is 5.97. The number of rotatable bonds is 4. The first-order valence-electron chi connectivity index (χ1n) is 14.9. The number of nitrogens with zero attached hydrogens (tertiary/aromatic N) is 4. The van der Waals surface area contributed by atoms with Gasteiger partial charge in [-0.25, -0.2) is 0 Å². The van der Waals surface area contributed by atoms with Gasteiger partial charge in [0.2, 0.25) is 0 Å². The Morgan fingerprint density at radius 2 is 1.21 bits per heavy atom. The van der Waals surface area contributed by atoms with Gasteiger partial charge in [-0.3, -0.25) is 4.57 Å². The van der Waals surface area contributed by atoms with Crippen molar-refractivity contribution in [3.63, 3.8) is 0 Å². The Balaban J connectivity index is 0.00000147. The van der Waals surface area contributed by atoms with E-state index in [0.29, 0.717) is 0 Å². The van der Waals surface area contributed by atoms with Gasteiger partial charge in [0.15, 0.2) is 11.6 Å². The lowest BCUT2D eigenvalue weighted by atomic mass is 10.1. The molecule has 4 nitrogen and oxygen atoms in total. The summed E-state index contributed by atoms with van der Waals surface area (Å²) in [7, 11) is 0. The van der Waals surface area contributed by atoms with E-state index < -0.39 is 0 Å². The van der Waals surface area contributed by atoms with E-state index in [1.54, 1.807) is 0 Å². The molecule has 0 radical (unpaired) electrons. The zero-order valence-corrected chi connectivity index (χ0v) is 24.4. The van der Waals surface area contributed by atoms with Crippen LogP contribution in [0.25, 0.3) is 61.9 Å². The fourth-order valence-corrected chi connectivity index (χ4v) is 5.97. The molecule has 0 N–H and O–H groups in total. The van der Waals surface area contributed by atoms with Crippen LogP contribution in [0, 0.1) is 0 Å². The Labute approximate surface area is 251 Å². The van der Waals surface area contributed by atoms with E-state index in [0.717, 1.165) is 40.6 Å². The van der Waals surface area contributed by atoms with Crippen molar-refractivity contribution >= 4 is 27.8 Å². The largest absolute Gasteiger partial charge is 0.310 e. The normalized spacial score (nSPS) is 12.1. The van der Waals surface area contributed by atoms with Gasteiger partial charge in [-0.2, -0.15) is 0 Å². The van der Waals surface area contributed by atoms with Crippen LogP contribution < -0.4 is 0 Å². The molecule has 1 aliphatic carbocycles. The van der Waals surface area contributed by atoms with E-state index in [-0.39, 0.29) is 0 Å². The summed E-state index contributed by atoms with van der Waals surface area (Å²) >= 11 is 0. The van der Waals surface area contributed by atoms with Crippen molar-refractivity contribution in [3.8, 4) is 34.2 Å². The number of allylic oxidation sites excluding steroid dienone is 3. The quantitative estimate of drug-likeness (QED) is 0.216. The van der Waals surface area contributed by atoms with Gasteiger partial charge in [-0.15, -0.1) is 10.2 Å². The number of fused-ring (bicyclic) bond motifs is 4. The Kier molecular flexibility index (Phi) is 7.02. The van der Waals surface area contributed by atoms with E-state index in [1.165, 1.54) is 32.9 Å². The third-order valence-corrected chi connectivity index (χ3v) is 7.91. The van der Waals surface area contributed by atoms with E-state index in [1.807, 2.05) is 19.9 Å². The molecule has 0 unspecified atom stereocenters. The van der Waals surface area contributed by atoms with Crippen molar-refractivity contribution in [1.29, 1.82) is 0 Å². The second-order valence-electron chi connectivity index (χ2n) is 10.3. The molecule has 2 aromatic heterocycles. The average molecular weight is 557 g/mol. The zero-order valence-electron chi connectivity index (χ0n) is 24.4. The molecule has 0 saturated heterocycles. The Morgan fingerprint density at radius 3 is 2.02 bits per heavy atom. The van der Waals surface area contributed by atoms with Gasteiger partial charge in [0.1, 0.15) is 0 Å². The van der Waals surface area contributed by atoms with E-state index in [9.17, 15) is 0 Å². The highest BCUT2D eigenvalue weighted by Crippen LogP contribution is 2.34. The zero-order chi connectivity index (χ0) is 29.2. The van der Waals surface area contributed by atoms with Crippen LogP contribution in [0.15, 0.2) is 140 Å². The lowest BCUT2D eigenvalue weighted by Gasteiger charge is -2.13. The predicted octanol–water partition coefficient (Wildman–Crippen LogP) is 9.85. The van der Waals surface area contributed by atoms with E-state index >= 15 is 0 Å². The Morgan fingerprint density at radius 1 is 0.558 bits per heavy atom. The topological polar surface area (TPSA) is 35.6 Å². The summed E-state index contributed by atoms with van der Waals surface area (Å²) in [5, 5.41) is 13.1. The van der Waals surface area contributed by atoms with E-state index in [4.69, 9.17) is 10.2 Å².